The molecule has 5 heteroatoms. The first-order valence-corrected chi connectivity index (χ1v) is 7.47. The number of halogens is 1. The zero-order valence-corrected chi connectivity index (χ0v) is 12.3. The summed E-state index contributed by atoms with van der Waals surface area (Å²) in [6.45, 7) is 1.47. The van der Waals surface area contributed by atoms with Crippen molar-refractivity contribution < 1.29 is 9.90 Å². The molecule has 2 N–H and O–H groups in total. The van der Waals surface area contributed by atoms with E-state index in [0.717, 1.165) is 31.5 Å². The molecule has 0 saturated carbocycles. The van der Waals surface area contributed by atoms with Crippen molar-refractivity contribution in [2.75, 3.05) is 25.0 Å². The Hall–Kier alpha value is -1.10. The number of aliphatic hydroxyl groups excluding tert-OH is 1. The number of likely N-dealkylation sites (tertiary alicyclic amines) is 1. The van der Waals surface area contributed by atoms with Crippen LogP contribution < -0.4 is 5.32 Å². The Morgan fingerprint density at radius 1 is 1.45 bits per heavy atom. The van der Waals surface area contributed by atoms with E-state index in [9.17, 15) is 4.79 Å². The maximum absolute atomic E-state index is 12.1. The van der Waals surface area contributed by atoms with Gasteiger partial charge in [-0.25, -0.2) is 0 Å². The third-order valence-electron chi connectivity index (χ3n) is 3.67. The van der Waals surface area contributed by atoms with E-state index in [-0.39, 0.29) is 12.5 Å². The fraction of sp³-hybridized carbons (Fsp3) is 0.533. The highest BCUT2D eigenvalue weighted by atomic mass is 35.5. The Bertz CT molecular complexity index is 451. The summed E-state index contributed by atoms with van der Waals surface area (Å²) in [5.41, 5.74) is 0.721. The third kappa shape index (κ3) is 4.47. The van der Waals surface area contributed by atoms with Crippen LogP contribution in [0.5, 0.6) is 0 Å². The van der Waals surface area contributed by atoms with Gasteiger partial charge in [-0.1, -0.05) is 24.1 Å². The first-order valence-electron chi connectivity index (χ1n) is 7.09. The molecule has 2 rings (SSSR count). The minimum Gasteiger partial charge on any atom is -0.396 e. The highest BCUT2D eigenvalue weighted by Gasteiger charge is 2.23. The van der Waals surface area contributed by atoms with Crippen LogP contribution in [0.1, 0.15) is 25.7 Å². The van der Waals surface area contributed by atoms with Gasteiger partial charge in [-0.15, -0.1) is 0 Å². The van der Waals surface area contributed by atoms with Crippen molar-refractivity contribution in [2.24, 2.45) is 0 Å². The number of aliphatic hydroxyl groups is 1. The molecule has 1 saturated heterocycles. The van der Waals surface area contributed by atoms with Crippen LogP contribution in [0.25, 0.3) is 0 Å². The Kier molecular flexibility index (Phi) is 5.83. The van der Waals surface area contributed by atoms with Crippen molar-refractivity contribution in [3.63, 3.8) is 0 Å². The SMILES string of the molecule is O=C(CN1CCCCC1CCO)Nc1cccc(Cl)c1. The van der Waals surface area contributed by atoms with Gasteiger partial charge in [-0.2, -0.15) is 0 Å². The molecule has 1 atom stereocenters. The van der Waals surface area contributed by atoms with Crippen molar-refractivity contribution in [3.05, 3.63) is 29.3 Å². The van der Waals surface area contributed by atoms with Crippen molar-refractivity contribution in [1.29, 1.82) is 0 Å². The van der Waals surface area contributed by atoms with Crippen molar-refractivity contribution >= 4 is 23.2 Å². The average molecular weight is 297 g/mol. The Labute approximate surface area is 124 Å². The van der Waals surface area contributed by atoms with E-state index in [0.29, 0.717) is 17.6 Å². The van der Waals surface area contributed by atoms with Crippen LogP contribution in [-0.2, 0) is 4.79 Å². The molecule has 1 fully saturated rings. The van der Waals surface area contributed by atoms with Gasteiger partial charge in [0.2, 0.25) is 5.91 Å². The van der Waals surface area contributed by atoms with Crippen LogP contribution in [-0.4, -0.2) is 41.7 Å². The van der Waals surface area contributed by atoms with Gasteiger partial charge in [-0.05, 0) is 44.0 Å². The predicted molar refractivity (Wildman–Crippen MR) is 81.0 cm³/mol. The number of piperidine rings is 1. The molecule has 0 aromatic heterocycles. The number of hydrogen-bond acceptors (Lipinski definition) is 3. The zero-order valence-electron chi connectivity index (χ0n) is 11.5. The lowest BCUT2D eigenvalue weighted by atomic mass is 10.00. The summed E-state index contributed by atoms with van der Waals surface area (Å²) < 4.78 is 0. The molecule has 4 nitrogen and oxygen atoms in total. The van der Waals surface area contributed by atoms with E-state index in [1.165, 1.54) is 6.42 Å². The van der Waals surface area contributed by atoms with Gasteiger partial charge in [0.15, 0.2) is 0 Å². The largest absolute Gasteiger partial charge is 0.396 e. The Morgan fingerprint density at radius 2 is 2.30 bits per heavy atom. The molecule has 0 radical (unpaired) electrons. The standard InChI is InChI=1S/C15H21ClN2O2/c16-12-4-3-5-13(10-12)17-15(20)11-18-8-2-1-6-14(18)7-9-19/h3-5,10,14,19H,1-2,6-9,11H2,(H,17,20). The molecule has 20 heavy (non-hydrogen) atoms. The second-order valence-electron chi connectivity index (χ2n) is 5.19. The van der Waals surface area contributed by atoms with Crippen molar-refractivity contribution in [3.8, 4) is 0 Å². The summed E-state index contributed by atoms with van der Waals surface area (Å²) >= 11 is 5.90. The molecule has 0 bridgehead atoms. The van der Waals surface area contributed by atoms with E-state index in [1.807, 2.05) is 12.1 Å². The highest BCUT2D eigenvalue weighted by Crippen LogP contribution is 2.20. The minimum atomic E-state index is -0.0305. The van der Waals surface area contributed by atoms with Gasteiger partial charge in [0.25, 0.3) is 0 Å². The molecule has 1 unspecified atom stereocenters. The normalized spacial score (nSPS) is 19.8. The topological polar surface area (TPSA) is 52.6 Å². The number of anilines is 1. The third-order valence-corrected chi connectivity index (χ3v) is 3.90. The van der Waals surface area contributed by atoms with E-state index in [4.69, 9.17) is 16.7 Å². The molecule has 0 spiro atoms. The van der Waals surface area contributed by atoms with Crippen molar-refractivity contribution in [1.82, 2.24) is 4.90 Å². The summed E-state index contributed by atoms with van der Waals surface area (Å²) in [6, 6.07) is 7.47. The summed E-state index contributed by atoms with van der Waals surface area (Å²) in [5.74, 6) is -0.0305. The smallest absolute Gasteiger partial charge is 0.238 e. The maximum Gasteiger partial charge on any atom is 0.238 e. The van der Waals surface area contributed by atoms with E-state index >= 15 is 0 Å². The second-order valence-corrected chi connectivity index (χ2v) is 5.63. The Morgan fingerprint density at radius 3 is 3.05 bits per heavy atom. The fourth-order valence-corrected chi connectivity index (χ4v) is 2.89. The molecule has 1 heterocycles. The van der Waals surface area contributed by atoms with Crippen LogP contribution in [0, 0.1) is 0 Å². The number of nitrogens with one attached hydrogen (secondary N) is 1. The first-order chi connectivity index (χ1) is 9.69. The molecule has 1 aromatic carbocycles. The van der Waals surface area contributed by atoms with E-state index in [1.54, 1.807) is 12.1 Å². The van der Waals surface area contributed by atoms with Gasteiger partial charge in [0.05, 0.1) is 6.54 Å². The Balaban J connectivity index is 1.89. The lowest BCUT2D eigenvalue weighted by Gasteiger charge is -2.34. The number of nitrogens with zero attached hydrogens (tertiary/aromatic N) is 1. The van der Waals surface area contributed by atoms with Crippen LogP contribution in [0.4, 0.5) is 5.69 Å². The number of amides is 1. The summed E-state index contributed by atoms with van der Waals surface area (Å²) in [4.78, 5) is 14.2. The number of rotatable bonds is 5. The summed E-state index contributed by atoms with van der Waals surface area (Å²) in [7, 11) is 0. The van der Waals surface area contributed by atoms with Crippen molar-refractivity contribution in [2.45, 2.75) is 31.7 Å². The average Bonchev–Trinajstić information content (AvgIpc) is 2.41. The number of carbonyl (C=O) groups excluding carboxylic acids is 1. The van der Waals surface area contributed by atoms with Crippen LogP contribution in [0.3, 0.4) is 0 Å². The van der Waals surface area contributed by atoms with E-state index < -0.39 is 0 Å². The second kappa shape index (κ2) is 7.62. The lowest BCUT2D eigenvalue weighted by molar-refractivity contribution is -0.118. The molecule has 1 aliphatic rings. The summed E-state index contributed by atoms with van der Waals surface area (Å²) in [5, 5.41) is 12.6. The quantitative estimate of drug-likeness (QED) is 0.878. The number of hydrogen-bond donors (Lipinski definition) is 2. The van der Waals surface area contributed by atoms with Gasteiger partial charge < -0.3 is 10.4 Å². The van der Waals surface area contributed by atoms with Crippen LogP contribution in [0.15, 0.2) is 24.3 Å². The molecule has 1 amide bonds. The zero-order chi connectivity index (χ0) is 14.4. The molecule has 110 valence electrons. The predicted octanol–water partition coefficient (Wildman–Crippen LogP) is 2.52. The lowest BCUT2D eigenvalue weighted by Crippen LogP contribution is -2.44. The highest BCUT2D eigenvalue weighted by molar-refractivity contribution is 6.30. The fourth-order valence-electron chi connectivity index (χ4n) is 2.70. The van der Waals surface area contributed by atoms with Gasteiger partial charge in [-0.3, -0.25) is 9.69 Å². The number of carbonyl (C=O) groups is 1. The molecule has 0 aliphatic carbocycles. The van der Waals surface area contributed by atoms with Gasteiger partial charge >= 0.3 is 0 Å². The summed E-state index contributed by atoms with van der Waals surface area (Å²) in [6.07, 6.45) is 4.10. The van der Waals surface area contributed by atoms with Crippen LogP contribution in [0.2, 0.25) is 5.02 Å². The molecule has 1 aromatic rings. The molecular formula is C15H21ClN2O2. The maximum atomic E-state index is 12.1. The molecular weight excluding hydrogens is 276 g/mol. The number of benzene rings is 1. The van der Waals surface area contributed by atoms with Gasteiger partial charge in [0.1, 0.15) is 0 Å². The monoisotopic (exact) mass is 296 g/mol. The van der Waals surface area contributed by atoms with Crippen LogP contribution >= 0.6 is 11.6 Å². The van der Waals surface area contributed by atoms with Gasteiger partial charge in [0, 0.05) is 23.4 Å². The van der Waals surface area contributed by atoms with E-state index in [2.05, 4.69) is 10.2 Å². The minimum absolute atomic E-state index is 0.0305. The first kappa shape index (κ1) is 15.3. The molecule has 1 aliphatic heterocycles.